The van der Waals surface area contributed by atoms with Gasteiger partial charge in [0.1, 0.15) is 0 Å². The predicted octanol–water partition coefficient (Wildman–Crippen LogP) is 2.90. The number of carbonyl (C=O) groups is 1. The normalized spacial score (nSPS) is 11.5. The van der Waals surface area contributed by atoms with E-state index in [4.69, 9.17) is 5.73 Å². The number of nitrogens with one attached hydrogen (secondary N) is 1. The zero-order chi connectivity index (χ0) is 13.7. The van der Waals surface area contributed by atoms with Crippen LogP contribution in [0.2, 0.25) is 0 Å². The molecule has 1 amide bonds. The van der Waals surface area contributed by atoms with E-state index in [9.17, 15) is 4.79 Å². The van der Waals surface area contributed by atoms with Gasteiger partial charge in [-0.3, -0.25) is 9.78 Å². The SMILES string of the molecule is CCC(NC(=O)c1ccnc(CN)c1)c1cccs1.Cl. The van der Waals surface area contributed by atoms with Crippen molar-refractivity contribution < 1.29 is 4.79 Å². The molecule has 1 unspecified atom stereocenters. The van der Waals surface area contributed by atoms with Gasteiger partial charge in [-0.15, -0.1) is 23.7 Å². The fourth-order valence-electron chi connectivity index (χ4n) is 1.84. The van der Waals surface area contributed by atoms with Gasteiger partial charge in [0.15, 0.2) is 0 Å². The maximum absolute atomic E-state index is 12.2. The molecule has 0 aliphatic rings. The number of carbonyl (C=O) groups excluding carboxylic acids is 1. The third-order valence-corrected chi connectivity index (χ3v) is 3.87. The van der Waals surface area contributed by atoms with Crippen molar-refractivity contribution in [1.29, 1.82) is 0 Å². The van der Waals surface area contributed by atoms with Crippen LogP contribution in [0.1, 0.15) is 40.3 Å². The van der Waals surface area contributed by atoms with Crippen LogP contribution in [0, 0.1) is 0 Å². The van der Waals surface area contributed by atoms with Gasteiger partial charge in [0.2, 0.25) is 0 Å². The molecule has 0 fully saturated rings. The third kappa shape index (κ3) is 4.03. The Labute approximate surface area is 128 Å². The number of hydrogen-bond donors (Lipinski definition) is 2. The first-order valence-electron chi connectivity index (χ1n) is 6.23. The van der Waals surface area contributed by atoms with E-state index < -0.39 is 0 Å². The minimum Gasteiger partial charge on any atom is -0.344 e. The van der Waals surface area contributed by atoms with Crippen molar-refractivity contribution in [2.75, 3.05) is 0 Å². The smallest absolute Gasteiger partial charge is 0.251 e. The molecule has 0 saturated carbocycles. The molecule has 0 saturated heterocycles. The number of hydrogen-bond acceptors (Lipinski definition) is 4. The highest BCUT2D eigenvalue weighted by Gasteiger charge is 2.15. The highest BCUT2D eigenvalue weighted by atomic mass is 35.5. The summed E-state index contributed by atoms with van der Waals surface area (Å²) < 4.78 is 0. The van der Waals surface area contributed by atoms with Gasteiger partial charge in [-0.1, -0.05) is 13.0 Å². The zero-order valence-electron chi connectivity index (χ0n) is 11.2. The van der Waals surface area contributed by atoms with Crippen LogP contribution >= 0.6 is 23.7 Å². The van der Waals surface area contributed by atoms with Crippen LogP contribution < -0.4 is 11.1 Å². The highest BCUT2D eigenvalue weighted by Crippen LogP contribution is 2.22. The van der Waals surface area contributed by atoms with Crippen LogP contribution in [0.5, 0.6) is 0 Å². The minimum absolute atomic E-state index is 0. The first-order valence-corrected chi connectivity index (χ1v) is 7.11. The minimum atomic E-state index is -0.0858. The molecule has 20 heavy (non-hydrogen) atoms. The molecule has 0 radical (unpaired) electrons. The van der Waals surface area contributed by atoms with Crippen molar-refractivity contribution >= 4 is 29.7 Å². The maximum Gasteiger partial charge on any atom is 0.251 e. The molecular weight excluding hydrogens is 294 g/mol. The number of rotatable bonds is 5. The number of nitrogens with two attached hydrogens (primary N) is 1. The summed E-state index contributed by atoms with van der Waals surface area (Å²) in [5.41, 5.74) is 6.85. The Morgan fingerprint density at radius 2 is 2.30 bits per heavy atom. The van der Waals surface area contributed by atoms with Crippen LogP contribution in [0.15, 0.2) is 35.8 Å². The lowest BCUT2D eigenvalue weighted by Crippen LogP contribution is -2.27. The topological polar surface area (TPSA) is 68.0 Å². The van der Waals surface area contributed by atoms with Gasteiger partial charge in [-0.25, -0.2) is 0 Å². The van der Waals surface area contributed by atoms with Gasteiger partial charge in [0.05, 0.1) is 11.7 Å². The van der Waals surface area contributed by atoms with Gasteiger partial charge in [0, 0.05) is 23.2 Å². The molecule has 0 aliphatic carbocycles. The fourth-order valence-corrected chi connectivity index (χ4v) is 2.70. The summed E-state index contributed by atoms with van der Waals surface area (Å²) in [5, 5.41) is 5.06. The summed E-state index contributed by atoms with van der Waals surface area (Å²) in [6.45, 7) is 2.39. The first kappa shape index (κ1) is 16.6. The Balaban J connectivity index is 0.00000200. The molecule has 2 aromatic rings. The van der Waals surface area contributed by atoms with Crippen molar-refractivity contribution in [2.24, 2.45) is 5.73 Å². The number of nitrogens with zero attached hydrogens (tertiary/aromatic N) is 1. The summed E-state index contributed by atoms with van der Waals surface area (Å²) in [6, 6.07) is 7.53. The van der Waals surface area contributed by atoms with E-state index in [1.165, 1.54) is 4.88 Å². The van der Waals surface area contributed by atoms with Crippen LogP contribution in [-0.4, -0.2) is 10.9 Å². The van der Waals surface area contributed by atoms with E-state index in [1.54, 1.807) is 29.7 Å². The summed E-state index contributed by atoms with van der Waals surface area (Å²) in [7, 11) is 0. The van der Waals surface area contributed by atoms with Gasteiger partial charge < -0.3 is 11.1 Å². The number of aromatic nitrogens is 1. The molecule has 0 aromatic carbocycles. The quantitative estimate of drug-likeness (QED) is 0.892. The van der Waals surface area contributed by atoms with Crippen molar-refractivity contribution in [2.45, 2.75) is 25.9 Å². The summed E-state index contributed by atoms with van der Waals surface area (Å²) >= 11 is 1.65. The number of thiophene rings is 1. The van der Waals surface area contributed by atoms with Crippen LogP contribution in [0.4, 0.5) is 0 Å². The molecule has 0 bridgehead atoms. The molecule has 2 rings (SSSR count). The van der Waals surface area contributed by atoms with Crippen molar-refractivity contribution in [1.82, 2.24) is 10.3 Å². The molecule has 2 aromatic heterocycles. The first-order chi connectivity index (χ1) is 9.24. The Kier molecular flexibility index (Phi) is 6.64. The molecule has 4 nitrogen and oxygen atoms in total. The summed E-state index contributed by atoms with van der Waals surface area (Å²) in [6.07, 6.45) is 2.48. The molecule has 3 N–H and O–H groups in total. The number of halogens is 1. The van der Waals surface area contributed by atoms with Crippen molar-refractivity contribution in [3.05, 3.63) is 52.0 Å². The lowest BCUT2D eigenvalue weighted by Gasteiger charge is -2.15. The Morgan fingerprint density at radius 1 is 1.50 bits per heavy atom. The Hall–Kier alpha value is -1.43. The number of pyridine rings is 1. The van der Waals surface area contributed by atoms with Crippen LogP contribution in [0.3, 0.4) is 0 Å². The Bertz CT molecular complexity index is 545. The second kappa shape index (κ2) is 7.99. The van der Waals surface area contributed by atoms with Crippen LogP contribution in [0.25, 0.3) is 0 Å². The lowest BCUT2D eigenvalue weighted by atomic mass is 10.1. The number of amides is 1. The van der Waals surface area contributed by atoms with E-state index in [1.807, 2.05) is 17.5 Å². The monoisotopic (exact) mass is 311 g/mol. The van der Waals surface area contributed by atoms with E-state index in [-0.39, 0.29) is 24.4 Å². The largest absolute Gasteiger partial charge is 0.344 e. The predicted molar refractivity (Wildman–Crippen MR) is 84.2 cm³/mol. The summed E-state index contributed by atoms with van der Waals surface area (Å²) in [4.78, 5) is 17.5. The average molecular weight is 312 g/mol. The molecule has 6 heteroatoms. The fraction of sp³-hybridized carbons (Fsp3) is 0.286. The van der Waals surface area contributed by atoms with E-state index >= 15 is 0 Å². The van der Waals surface area contributed by atoms with Crippen molar-refractivity contribution in [3.8, 4) is 0 Å². The molecule has 108 valence electrons. The second-order valence-corrected chi connectivity index (χ2v) is 5.17. The molecule has 1 atom stereocenters. The molecular formula is C14H18ClN3OS. The van der Waals surface area contributed by atoms with E-state index in [0.717, 1.165) is 12.1 Å². The van der Waals surface area contributed by atoms with Gasteiger partial charge in [-0.05, 0) is 30.0 Å². The highest BCUT2D eigenvalue weighted by molar-refractivity contribution is 7.10. The third-order valence-electron chi connectivity index (χ3n) is 2.89. The van der Waals surface area contributed by atoms with Gasteiger partial charge >= 0.3 is 0 Å². The van der Waals surface area contributed by atoms with Crippen LogP contribution in [-0.2, 0) is 6.54 Å². The van der Waals surface area contributed by atoms with E-state index in [2.05, 4.69) is 17.2 Å². The van der Waals surface area contributed by atoms with Gasteiger partial charge in [-0.2, -0.15) is 0 Å². The maximum atomic E-state index is 12.2. The zero-order valence-corrected chi connectivity index (χ0v) is 12.8. The molecule has 0 aliphatic heterocycles. The summed E-state index contributed by atoms with van der Waals surface area (Å²) in [5.74, 6) is -0.0858. The lowest BCUT2D eigenvalue weighted by molar-refractivity contribution is 0.0936. The molecule has 0 spiro atoms. The molecule has 2 heterocycles. The second-order valence-electron chi connectivity index (χ2n) is 4.19. The van der Waals surface area contributed by atoms with Crippen molar-refractivity contribution in [3.63, 3.8) is 0 Å². The average Bonchev–Trinajstić information content (AvgIpc) is 2.98. The van der Waals surface area contributed by atoms with E-state index in [0.29, 0.717) is 12.1 Å². The Morgan fingerprint density at radius 3 is 2.90 bits per heavy atom. The van der Waals surface area contributed by atoms with Gasteiger partial charge in [0.25, 0.3) is 5.91 Å². The standard InChI is InChI=1S/C14H17N3OS.ClH/c1-2-12(13-4-3-7-19-13)17-14(18)10-5-6-16-11(8-10)9-15;/h3-8,12H,2,9,15H2,1H3,(H,17,18);1H.